The van der Waals surface area contributed by atoms with Gasteiger partial charge in [0.05, 0.1) is 23.4 Å². The average molecular weight is 426 g/mol. The van der Waals surface area contributed by atoms with E-state index in [0.717, 1.165) is 22.2 Å². The zero-order valence-corrected chi connectivity index (χ0v) is 17.6. The van der Waals surface area contributed by atoms with Crippen LogP contribution in [0.1, 0.15) is 17.3 Å². The van der Waals surface area contributed by atoms with Crippen molar-refractivity contribution in [1.82, 2.24) is 4.98 Å². The van der Waals surface area contributed by atoms with Gasteiger partial charge >= 0.3 is 0 Å². The first kappa shape index (κ1) is 19.9. The predicted molar refractivity (Wildman–Crippen MR) is 124 cm³/mol. The minimum absolute atomic E-state index is 0.226. The molecule has 1 aliphatic heterocycles. The van der Waals surface area contributed by atoms with Gasteiger partial charge in [-0.25, -0.2) is 4.98 Å². The van der Waals surface area contributed by atoms with Gasteiger partial charge in [-0.3, -0.25) is 4.79 Å². The molecule has 32 heavy (non-hydrogen) atoms. The summed E-state index contributed by atoms with van der Waals surface area (Å²) in [4.78, 5) is 18.1. The molecule has 1 N–H and O–H groups in total. The third-order valence-electron chi connectivity index (χ3n) is 5.22. The summed E-state index contributed by atoms with van der Waals surface area (Å²) in [6.45, 7) is 3.49. The summed E-state index contributed by atoms with van der Waals surface area (Å²) in [6, 6.07) is 22.5. The highest BCUT2D eigenvalue weighted by molar-refractivity contribution is 6.13. The van der Waals surface area contributed by atoms with E-state index in [9.17, 15) is 4.79 Å². The number of anilines is 1. The number of benzene rings is 3. The van der Waals surface area contributed by atoms with Crippen LogP contribution in [0.25, 0.3) is 22.2 Å². The average Bonchev–Trinajstić information content (AvgIpc) is 2.84. The monoisotopic (exact) mass is 426 g/mol. The third-order valence-corrected chi connectivity index (χ3v) is 5.22. The number of hydrogen-bond acceptors (Lipinski definition) is 5. The van der Waals surface area contributed by atoms with Gasteiger partial charge in [-0.2, -0.15) is 0 Å². The van der Waals surface area contributed by atoms with E-state index in [2.05, 4.69) is 5.32 Å². The van der Waals surface area contributed by atoms with Gasteiger partial charge in [-0.05, 0) is 43.3 Å². The molecule has 1 aliphatic rings. The zero-order valence-electron chi connectivity index (χ0n) is 17.6. The van der Waals surface area contributed by atoms with Crippen LogP contribution in [0.15, 0.2) is 72.8 Å². The number of nitrogens with zero attached hydrogens (tertiary/aromatic N) is 1. The number of aromatic nitrogens is 1. The smallest absolute Gasteiger partial charge is 0.256 e. The number of fused-ring (bicyclic) bond motifs is 2. The van der Waals surface area contributed by atoms with Crippen LogP contribution in [0.2, 0.25) is 0 Å². The highest BCUT2D eigenvalue weighted by Crippen LogP contribution is 2.34. The lowest BCUT2D eigenvalue weighted by Gasteiger charge is -2.19. The maximum Gasteiger partial charge on any atom is 0.256 e. The van der Waals surface area contributed by atoms with Crippen molar-refractivity contribution >= 4 is 22.5 Å². The Morgan fingerprint density at radius 3 is 2.62 bits per heavy atom. The first-order chi connectivity index (χ1) is 15.7. The Morgan fingerprint density at radius 1 is 0.969 bits per heavy atom. The topological polar surface area (TPSA) is 69.7 Å². The molecule has 0 fully saturated rings. The molecule has 0 unspecified atom stereocenters. The summed E-state index contributed by atoms with van der Waals surface area (Å²) in [5, 5.41) is 3.76. The molecule has 2 heterocycles. The minimum atomic E-state index is -0.226. The molecule has 1 amide bonds. The number of rotatable bonds is 5. The summed E-state index contributed by atoms with van der Waals surface area (Å²) < 4.78 is 17.0. The van der Waals surface area contributed by atoms with Crippen molar-refractivity contribution in [3.05, 3.63) is 78.4 Å². The quantitative estimate of drug-likeness (QED) is 0.467. The first-order valence-electron chi connectivity index (χ1n) is 10.6. The van der Waals surface area contributed by atoms with Crippen LogP contribution in [0.4, 0.5) is 5.69 Å². The number of amides is 1. The zero-order chi connectivity index (χ0) is 21.9. The van der Waals surface area contributed by atoms with Crippen LogP contribution in [-0.2, 0) is 0 Å². The maximum atomic E-state index is 13.3. The summed E-state index contributed by atoms with van der Waals surface area (Å²) in [6.07, 6.45) is 0. The summed E-state index contributed by atoms with van der Waals surface area (Å²) in [5.74, 6) is 1.81. The number of ether oxygens (including phenoxy) is 3. The number of pyridine rings is 1. The molecule has 4 aromatic rings. The molecule has 0 saturated heterocycles. The molecule has 160 valence electrons. The van der Waals surface area contributed by atoms with E-state index in [1.165, 1.54) is 0 Å². The Balaban J connectivity index is 1.55. The van der Waals surface area contributed by atoms with Gasteiger partial charge in [0.15, 0.2) is 11.5 Å². The number of carbonyl (C=O) groups is 1. The highest BCUT2D eigenvalue weighted by Gasteiger charge is 2.18. The Hall–Kier alpha value is -4.06. The highest BCUT2D eigenvalue weighted by atomic mass is 16.6. The van der Waals surface area contributed by atoms with Crippen molar-refractivity contribution in [2.45, 2.75) is 6.92 Å². The lowest BCUT2D eigenvalue weighted by atomic mass is 10.0. The third kappa shape index (κ3) is 3.83. The molecule has 0 atom stereocenters. The van der Waals surface area contributed by atoms with Crippen molar-refractivity contribution in [3.8, 4) is 28.5 Å². The van der Waals surface area contributed by atoms with E-state index < -0.39 is 0 Å². The van der Waals surface area contributed by atoms with E-state index in [1.807, 2.05) is 61.5 Å². The van der Waals surface area contributed by atoms with Crippen LogP contribution >= 0.6 is 0 Å². The van der Waals surface area contributed by atoms with Crippen molar-refractivity contribution in [2.75, 3.05) is 25.1 Å². The normalized spacial score (nSPS) is 12.4. The summed E-state index contributed by atoms with van der Waals surface area (Å²) in [5.41, 5.74) is 3.43. The predicted octanol–water partition coefficient (Wildman–Crippen LogP) is 5.32. The van der Waals surface area contributed by atoms with E-state index >= 15 is 0 Å². The van der Waals surface area contributed by atoms with E-state index in [1.54, 1.807) is 18.2 Å². The maximum absolute atomic E-state index is 13.3. The van der Waals surface area contributed by atoms with Gasteiger partial charge in [0.1, 0.15) is 19.0 Å². The fraction of sp³-hybridized carbons (Fsp3) is 0.154. The molecule has 6 nitrogen and oxygen atoms in total. The number of nitrogens with one attached hydrogen (secondary N) is 1. The fourth-order valence-corrected chi connectivity index (χ4v) is 3.78. The van der Waals surface area contributed by atoms with Crippen LogP contribution in [0.5, 0.6) is 17.2 Å². The molecule has 6 heteroatoms. The Bertz CT molecular complexity index is 1300. The van der Waals surface area contributed by atoms with Gasteiger partial charge in [-0.1, -0.05) is 30.3 Å². The lowest BCUT2D eigenvalue weighted by molar-refractivity contribution is 0.102. The second kappa shape index (κ2) is 8.59. The minimum Gasteiger partial charge on any atom is -0.493 e. The van der Waals surface area contributed by atoms with Crippen molar-refractivity contribution < 1.29 is 19.0 Å². The van der Waals surface area contributed by atoms with Crippen molar-refractivity contribution in [1.29, 1.82) is 0 Å². The van der Waals surface area contributed by atoms with E-state index in [4.69, 9.17) is 19.2 Å². The van der Waals surface area contributed by atoms with Gasteiger partial charge in [0.25, 0.3) is 5.91 Å². The van der Waals surface area contributed by atoms with E-state index in [0.29, 0.717) is 48.3 Å². The van der Waals surface area contributed by atoms with Crippen molar-refractivity contribution in [2.24, 2.45) is 0 Å². The second-order valence-corrected chi connectivity index (χ2v) is 7.31. The van der Waals surface area contributed by atoms with Gasteiger partial charge in [-0.15, -0.1) is 0 Å². The van der Waals surface area contributed by atoms with Gasteiger partial charge in [0.2, 0.25) is 0 Å². The molecule has 0 spiro atoms. The number of hydrogen-bond donors (Lipinski definition) is 1. The van der Waals surface area contributed by atoms with Gasteiger partial charge < -0.3 is 19.5 Å². The molecule has 0 aliphatic carbocycles. The molecular formula is C26H22N2O4. The molecule has 5 rings (SSSR count). The Kier molecular flexibility index (Phi) is 5.34. The van der Waals surface area contributed by atoms with E-state index in [-0.39, 0.29) is 5.91 Å². The Labute approximate surface area is 185 Å². The lowest BCUT2D eigenvalue weighted by Crippen LogP contribution is -2.16. The molecule has 0 saturated carbocycles. The second-order valence-electron chi connectivity index (χ2n) is 7.31. The number of carbonyl (C=O) groups excluding carboxylic acids is 1. The van der Waals surface area contributed by atoms with Crippen LogP contribution in [0.3, 0.4) is 0 Å². The van der Waals surface area contributed by atoms with Crippen LogP contribution < -0.4 is 19.5 Å². The number of para-hydroxylation sites is 2. The van der Waals surface area contributed by atoms with Crippen LogP contribution in [0, 0.1) is 0 Å². The molecule has 0 radical (unpaired) electrons. The Morgan fingerprint density at radius 2 is 1.75 bits per heavy atom. The summed E-state index contributed by atoms with van der Waals surface area (Å²) in [7, 11) is 0. The standard InChI is InChI=1S/C26H22N2O4/c1-2-30-23-10-6-4-8-19(23)22-16-20(18-7-3-5-9-21(18)28-22)26(29)27-17-11-12-24-25(15-17)32-14-13-31-24/h3-12,15-16H,2,13-14H2,1H3,(H,27,29). The SMILES string of the molecule is CCOc1ccccc1-c1cc(C(=O)Nc2ccc3c(c2)OCCO3)c2ccccc2n1. The van der Waals surface area contributed by atoms with Crippen LogP contribution in [-0.4, -0.2) is 30.7 Å². The first-order valence-corrected chi connectivity index (χ1v) is 10.6. The molecule has 3 aromatic carbocycles. The molecule has 1 aromatic heterocycles. The van der Waals surface area contributed by atoms with Crippen molar-refractivity contribution in [3.63, 3.8) is 0 Å². The summed E-state index contributed by atoms with van der Waals surface area (Å²) >= 11 is 0. The van der Waals surface area contributed by atoms with Gasteiger partial charge in [0, 0.05) is 22.7 Å². The molecule has 0 bridgehead atoms. The molecular weight excluding hydrogens is 404 g/mol. The largest absolute Gasteiger partial charge is 0.493 e. The fourth-order valence-electron chi connectivity index (χ4n) is 3.78.